The second-order valence-corrected chi connectivity index (χ2v) is 4.70. The number of imidazole rings is 1. The van der Waals surface area contributed by atoms with Gasteiger partial charge in [0, 0.05) is 12.7 Å². The highest BCUT2D eigenvalue weighted by Crippen LogP contribution is 2.09. The summed E-state index contributed by atoms with van der Waals surface area (Å²) in [5.41, 5.74) is 0. The molecule has 6 nitrogen and oxygen atoms in total. The van der Waals surface area contributed by atoms with Gasteiger partial charge in [-0.2, -0.15) is 0 Å². The van der Waals surface area contributed by atoms with Crippen molar-refractivity contribution in [2.45, 2.75) is 31.8 Å². The molecule has 0 unspecified atom stereocenters. The highest BCUT2D eigenvalue weighted by Gasteiger charge is 2.18. The molecule has 1 N–H and O–H groups in total. The van der Waals surface area contributed by atoms with Gasteiger partial charge in [0.2, 0.25) is 0 Å². The third kappa shape index (κ3) is 2.77. The molecule has 86 valence electrons. The van der Waals surface area contributed by atoms with E-state index in [0.29, 0.717) is 5.82 Å². The number of rotatable bonds is 5. The van der Waals surface area contributed by atoms with Crippen molar-refractivity contribution < 1.29 is 13.3 Å². The smallest absolute Gasteiger partial charge is 0.281 e. The molecule has 0 aliphatic rings. The molecule has 0 fully saturated rings. The molecule has 1 rings (SSSR count). The maximum Gasteiger partial charge on any atom is 0.281 e. The number of hydrogen-bond donors (Lipinski definition) is 1. The van der Waals surface area contributed by atoms with Gasteiger partial charge in [0.05, 0.1) is 7.11 Å². The van der Waals surface area contributed by atoms with Crippen LogP contribution >= 0.6 is 0 Å². The first kappa shape index (κ1) is 12.2. The van der Waals surface area contributed by atoms with E-state index in [1.54, 1.807) is 11.5 Å². The van der Waals surface area contributed by atoms with Crippen LogP contribution in [0.1, 0.15) is 19.2 Å². The van der Waals surface area contributed by atoms with Gasteiger partial charge in [-0.25, -0.2) is 13.4 Å². The van der Waals surface area contributed by atoms with Crippen molar-refractivity contribution in [3.8, 4) is 0 Å². The molecule has 0 saturated heterocycles. The Morgan fingerprint density at radius 3 is 2.80 bits per heavy atom. The summed E-state index contributed by atoms with van der Waals surface area (Å²) in [4.78, 5) is 10.3. The molecule has 1 aromatic rings. The predicted molar refractivity (Wildman–Crippen MR) is 54.6 cm³/mol. The Hall–Kier alpha value is -0.920. The van der Waals surface area contributed by atoms with E-state index >= 15 is 0 Å². The van der Waals surface area contributed by atoms with Crippen LogP contribution in [0.25, 0.3) is 0 Å². The zero-order chi connectivity index (χ0) is 11.5. The van der Waals surface area contributed by atoms with Gasteiger partial charge < -0.3 is 4.57 Å². The Bertz CT molecular complexity index is 424. The lowest BCUT2D eigenvalue weighted by Crippen LogP contribution is -2.22. The van der Waals surface area contributed by atoms with E-state index in [0.717, 1.165) is 13.0 Å². The van der Waals surface area contributed by atoms with E-state index in [1.165, 1.54) is 13.3 Å². The molecular weight excluding hydrogens is 218 g/mol. The Balaban J connectivity index is 3.01. The molecule has 0 atom stereocenters. The second kappa shape index (κ2) is 4.73. The van der Waals surface area contributed by atoms with E-state index in [4.69, 9.17) is 0 Å². The molecule has 0 bridgehead atoms. The normalized spacial score (nSPS) is 11.9. The molecule has 0 aliphatic carbocycles. The van der Waals surface area contributed by atoms with Crippen LogP contribution in [0.5, 0.6) is 0 Å². The quantitative estimate of drug-likeness (QED) is 0.749. The Morgan fingerprint density at radius 1 is 1.60 bits per heavy atom. The van der Waals surface area contributed by atoms with Crippen molar-refractivity contribution in [2.75, 3.05) is 7.11 Å². The predicted octanol–water partition coefficient (Wildman–Crippen LogP) is 0.441. The number of sulfonamides is 1. The van der Waals surface area contributed by atoms with Crippen molar-refractivity contribution in [1.29, 1.82) is 0 Å². The molecule has 1 aromatic heterocycles. The van der Waals surface area contributed by atoms with E-state index < -0.39 is 10.0 Å². The summed E-state index contributed by atoms with van der Waals surface area (Å²) in [5.74, 6) is 0.674. The highest BCUT2D eigenvalue weighted by molar-refractivity contribution is 7.89. The topological polar surface area (TPSA) is 73.2 Å². The Labute approximate surface area is 89.3 Å². The molecule has 0 aliphatic heterocycles. The molecule has 0 radical (unpaired) electrons. The van der Waals surface area contributed by atoms with Gasteiger partial charge >= 0.3 is 0 Å². The minimum Gasteiger partial charge on any atom is -0.334 e. The lowest BCUT2D eigenvalue weighted by molar-refractivity contribution is 0.153. The van der Waals surface area contributed by atoms with Gasteiger partial charge in [-0.1, -0.05) is 11.8 Å². The summed E-state index contributed by atoms with van der Waals surface area (Å²) in [7, 11) is -2.39. The summed E-state index contributed by atoms with van der Waals surface area (Å²) in [6, 6.07) is 0. The highest BCUT2D eigenvalue weighted by atomic mass is 32.2. The second-order valence-electron chi connectivity index (χ2n) is 3.11. The summed E-state index contributed by atoms with van der Waals surface area (Å²) >= 11 is 0. The van der Waals surface area contributed by atoms with Gasteiger partial charge in [-0.15, -0.1) is 0 Å². The zero-order valence-electron chi connectivity index (χ0n) is 9.02. The number of hydrogen-bond acceptors (Lipinski definition) is 4. The van der Waals surface area contributed by atoms with Crippen LogP contribution in [0.15, 0.2) is 11.2 Å². The summed E-state index contributed by atoms with van der Waals surface area (Å²) in [6.45, 7) is 4.53. The van der Waals surface area contributed by atoms with Gasteiger partial charge in [0.15, 0.2) is 5.03 Å². The monoisotopic (exact) mass is 233 g/mol. The number of nitrogens with one attached hydrogen (secondary N) is 1. The number of aryl methyl sites for hydroxylation is 2. The minimum absolute atomic E-state index is 0.0182. The molecule has 1 heterocycles. The first-order valence-electron chi connectivity index (χ1n) is 4.59. The summed E-state index contributed by atoms with van der Waals surface area (Å²) < 4.78 is 24.8. The van der Waals surface area contributed by atoms with Crippen LogP contribution < -0.4 is 4.89 Å². The van der Waals surface area contributed by atoms with Crippen LogP contribution in [0.4, 0.5) is 0 Å². The number of nitrogens with zero attached hydrogens (tertiary/aromatic N) is 2. The zero-order valence-corrected chi connectivity index (χ0v) is 9.84. The molecular formula is C8H15N3O3S. The molecule has 0 spiro atoms. The van der Waals surface area contributed by atoms with E-state index in [2.05, 4.69) is 9.82 Å². The third-order valence-electron chi connectivity index (χ3n) is 1.89. The first-order valence-corrected chi connectivity index (χ1v) is 6.08. The maximum atomic E-state index is 11.5. The van der Waals surface area contributed by atoms with Crippen LogP contribution in [0, 0.1) is 6.92 Å². The van der Waals surface area contributed by atoms with Gasteiger partial charge in [-0.3, -0.25) is 4.84 Å². The maximum absolute atomic E-state index is 11.5. The van der Waals surface area contributed by atoms with Crippen molar-refractivity contribution in [3.05, 3.63) is 12.0 Å². The Kier molecular flexibility index (Phi) is 3.83. The minimum atomic E-state index is -3.63. The fourth-order valence-corrected chi connectivity index (χ4v) is 2.05. The van der Waals surface area contributed by atoms with Crippen molar-refractivity contribution >= 4 is 10.0 Å². The Morgan fingerprint density at radius 2 is 2.27 bits per heavy atom. The van der Waals surface area contributed by atoms with Crippen molar-refractivity contribution in [3.63, 3.8) is 0 Å². The lowest BCUT2D eigenvalue weighted by atomic mass is 10.5. The van der Waals surface area contributed by atoms with Gasteiger partial charge in [0.1, 0.15) is 5.82 Å². The number of aromatic nitrogens is 2. The molecule has 0 saturated carbocycles. The summed E-state index contributed by atoms with van der Waals surface area (Å²) in [5, 5.41) is -0.0182. The fraction of sp³-hybridized carbons (Fsp3) is 0.625. The largest absolute Gasteiger partial charge is 0.334 e. The summed E-state index contributed by atoms with van der Waals surface area (Å²) in [6.07, 6.45) is 2.43. The van der Waals surface area contributed by atoms with Gasteiger partial charge in [-0.05, 0) is 13.3 Å². The fourth-order valence-electron chi connectivity index (χ4n) is 1.23. The molecule has 7 heteroatoms. The molecule has 0 aromatic carbocycles. The van der Waals surface area contributed by atoms with Crippen LogP contribution in [-0.4, -0.2) is 25.1 Å². The van der Waals surface area contributed by atoms with Crippen molar-refractivity contribution in [2.24, 2.45) is 0 Å². The van der Waals surface area contributed by atoms with E-state index in [1.807, 2.05) is 11.8 Å². The van der Waals surface area contributed by atoms with E-state index in [9.17, 15) is 8.42 Å². The van der Waals surface area contributed by atoms with Crippen LogP contribution in [0.3, 0.4) is 0 Å². The average Bonchev–Trinajstić information content (AvgIpc) is 2.49. The molecule has 0 amide bonds. The first-order chi connectivity index (χ1) is 7.01. The molecule has 15 heavy (non-hydrogen) atoms. The van der Waals surface area contributed by atoms with Gasteiger partial charge in [0.25, 0.3) is 10.0 Å². The van der Waals surface area contributed by atoms with Crippen LogP contribution in [0.2, 0.25) is 0 Å². The van der Waals surface area contributed by atoms with Crippen LogP contribution in [-0.2, 0) is 21.4 Å². The van der Waals surface area contributed by atoms with E-state index in [-0.39, 0.29) is 5.03 Å². The average molecular weight is 233 g/mol. The lowest BCUT2D eigenvalue weighted by Gasteiger charge is -2.00. The SMILES string of the molecule is CCCn1cc(S(=O)(=O)NOC)nc1C. The standard InChI is InChI=1S/C8H15N3O3S/c1-4-5-11-6-8(9-7(11)2)15(12,13)10-14-3/h6,10H,4-5H2,1-3H3. The van der Waals surface area contributed by atoms with Crippen molar-refractivity contribution in [1.82, 2.24) is 14.4 Å². The third-order valence-corrected chi connectivity index (χ3v) is 3.02.